The number of carbonyl (C=O) groups is 1. The van der Waals surface area contributed by atoms with Crippen LogP contribution < -0.4 is 10.6 Å². The van der Waals surface area contributed by atoms with Crippen molar-refractivity contribution in [3.8, 4) is 0 Å². The molecule has 3 heteroatoms. The summed E-state index contributed by atoms with van der Waals surface area (Å²) in [5, 5.41) is 6.55. The predicted octanol–water partition coefficient (Wildman–Crippen LogP) is 1.93. The Hall–Kier alpha value is -0.570. The van der Waals surface area contributed by atoms with E-state index in [1.165, 1.54) is 19.3 Å². The van der Waals surface area contributed by atoms with Crippen LogP contribution in [0.15, 0.2) is 0 Å². The van der Waals surface area contributed by atoms with E-state index in [4.69, 9.17) is 0 Å². The fourth-order valence-corrected chi connectivity index (χ4v) is 3.26. The Balaban J connectivity index is 1.85. The van der Waals surface area contributed by atoms with Gasteiger partial charge in [0.25, 0.3) is 0 Å². The van der Waals surface area contributed by atoms with E-state index in [2.05, 4.69) is 31.4 Å². The largest absolute Gasteiger partial charge is 0.355 e. The summed E-state index contributed by atoms with van der Waals surface area (Å²) >= 11 is 0. The van der Waals surface area contributed by atoms with Crippen molar-refractivity contribution < 1.29 is 4.79 Å². The predicted molar refractivity (Wildman–Crippen MR) is 69.7 cm³/mol. The number of carbonyl (C=O) groups excluding carboxylic acids is 1. The molecule has 0 aromatic carbocycles. The lowest BCUT2D eigenvalue weighted by atomic mass is 9.81. The summed E-state index contributed by atoms with van der Waals surface area (Å²) in [6.45, 7) is 9.65. The number of rotatable bonds is 3. The molecule has 17 heavy (non-hydrogen) atoms. The van der Waals surface area contributed by atoms with Gasteiger partial charge in [-0.2, -0.15) is 0 Å². The summed E-state index contributed by atoms with van der Waals surface area (Å²) in [6.07, 6.45) is 4.61. The van der Waals surface area contributed by atoms with Crippen molar-refractivity contribution in [2.75, 3.05) is 19.6 Å². The van der Waals surface area contributed by atoms with Gasteiger partial charge in [-0.15, -0.1) is 0 Å². The van der Waals surface area contributed by atoms with E-state index in [1.54, 1.807) is 0 Å². The summed E-state index contributed by atoms with van der Waals surface area (Å²) in [5.41, 5.74) is 0.456. The van der Waals surface area contributed by atoms with Crippen LogP contribution in [-0.2, 0) is 4.79 Å². The Kier molecular flexibility index (Phi) is 3.48. The van der Waals surface area contributed by atoms with Crippen LogP contribution in [-0.4, -0.2) is 25.5 Å². The maximum Gasteiger partial charge on any atom is 0.223 e. The molecule has 1 saturated heterocycles. The van der Waals surface area contributed by atoms with Crippen molar-refractivity contribution in [1.29, 1.82) is 0 Å². The van der Waals surface area contributed by atoms with Crippen LogP contribution >= 0.6 is 0 Å². The van der Waals surface area contributed by atoms with Gasteiger partial charge >= 0.3 is 0 Å². The molecule has 98 valence electrons. The van der Waals surface area contributed by atoms with Crippen molar-refractivity contribution in [3.63, 3.8) is 0 Å². The molecule has 2 rings (SSSR count). The van der Waals surface area contributed by atoms with E-state index < -0.39 is 0 Å². The van der Waals surface area contributed by atoms with Crippen molar-refractivity contribution in [2.45, 2.75) is 46.5 Å². The monoisotopic (exact) mass is 238 g/mol. The maximum absolute atomic E-state index is 12.2. The van der Waals surface area contributed by atoms with Gasteiger partial charge in [-0.3, -0.25) is 4.79 Å². The molecule has 2 fully saturated rings. The Morgan fingerprint density at radius 1 is 1.35 bits per heavy atom. The Bertz CT molecular complexity index is 293. The van der Waals surface area contributed by atoms with Crippen molar-refractivity contribution >= 4 is 5.91 Å². The van der Waals surface area contributed by atoms with Crippen LogP contribution in [0.2, 0.25) is 0 Å². The van der Waals surface area contributed by atoms with Gasteiger partial charge in [-0.1, -0.05) is 27.2 Å². The van der Waals surface area contributed by atoms with Gasteiger partial charge in [-0.25, -0.2) is 0 Å². The molecule has 1 aliphatic carbocycles. The standard InChI is InChI=1S/C14H26N2O/c1-13(2)6-4-5-11(13)12(17)16-10-14(3)7-8-15-9-14/h11,15H,4-10H2,1-3H3,(H,16,17). The summed E-state index contributed by atoms with van der Waals surface area (Å²) in [4.78, 5) is 12.2. The molecule has 0 bridgehead atoms. The molecule has 2 unspecified atom stereocenters. The van der Waals surface area contributed by atoms with Gasteiger partial charge < -0.3 is 10.6 Å². The normalized spacial score (nSPS) is 36.1. The molecule has 1 heterocycles. The highest BCUT2D eigenvalue weighted by atomic mass is 16.1. The minimum absolute atomic E-state index is 0.193. The summed E-state index contributed by atoms with van der Waals surface area (Å²) in [6, 6.07) is 0. The van der Waals surface area contributed by atoms with Gasteiger partial charge in [0.2, 0.25) is 5.91 Å². The van der Waals surface area contributed by atoms with Gasteiger partial charge in [0.15, 0.2) is 0 Å². The van der Waals surface area contributed by atoms with E-state index in [-0.39, 0.29) is 22.7 Å². The quantitative estimate of drug-likeness (QED) is 0.789. The highest BCUT2D eigenvalue weighted by Crippen LogP contribution is 2.42. The maximum atomic E-state index is 12.2. The SMILES string of the molecule is CC1(CNC(=O)C2CCCC2(C)C)CCNC1. The van der Waals surface area contributed by atoms with Gasteiger partial charge in [0.1, 0.15) is 0 Å². The molecule has 3 nitrogen and oxygen atoms in total. The summed E-state index contributed by atoms with van der Waals surface area (Å²) in [5.74, 6) is 0.501. The van der Waals surface area contributed by atoms with Crippen molar-refractivity contribution in [2.24, 2.45) is 16.7 Å². The van der Waals surface area contributed by atoms with Crippen LogP contribution in [0, 0.1) is 16.7 Å². The van der Waals surface area contributed by atoms with Crippen LogP contribution in [0.1, 0.15) is 46.5 Å². The Morgan fingerprint density at radius 2 is 2.12 bits per heavy atom. The third-order valence-corrected chi connectivity index (χ3v) is 4.72. The third kappa shape index (κ3) is 2.82. The Morgan fingerprint density at radius 3 is 2.65 bits per heavy atom. The van der Waals surface area contributed by atoms with Crippen LogP contribution in [0.25, 0.3) is 0 Å². The van der Waals surface area contributed by atoms with E-state index in [9.17, 15) is 4.79 Å². The van der Waals surface area contributed by atoms with Crippen LogP contribution in [0.4, 0.5) is 0 Å². The van der Waals surface area contributed by atoms with E-state index in [1.807, 2.05) is 0 Å². The zero-order valence-electron chi connectivity index (χ0n) is 11.4. The van der Waals surface area contributed by atoms with E-state index >= 15 is 0 Å². The van der Waals surface area contributed by atoms with Crippen molar-refractivity contribution in [3.05, 3.63) is 0 Å². The molecule has 0 aromatic rings. The first kappa shape index (κ1) is 12.9. The molecular formula is C14H26N2O. The molecule has 2 atom stereocenters. The zero-order chi connectivity index (χ0) is 12.5. The summed E-state index contributed by atoms with van der Waals surface area (Å²) in [7, 11) is 0. The molecule has 0 spiro atoms. The minimum Gasteiger partial charge on any atom is -0.355 e. The molecule has 0 radical (unpaired) electrons. The molecular weight excluding hydrogens is 212 g/mol. The van der Waals surface area contributed by atoms with Gasteiger partial charge in [0, 0.05) is 19.0 Å². The average molecular weight is 238 g/mol. The molecule has 2 N–H and O–H groups in total. The zero-order valence-corrected chi connectivity index (χ0v) is 11.4. The second kappa shape index (κ2) is 4.60. The molecule has 1 aliphatic heterocycles. The number of amides is 1. The smallest absolute Gasteiger partial charge is 0.223 e. The lowest BCUT2D eigenvalue weighted by Gasteiger charge is -2.28. The molecule has 2 aliphatic rings. The lowest BCUT2D eigenvalue weighted by molar-refractivity contribution is -0.128. The molecule has 0 aromatic heterocycles. The molecule has 1 amide bonds. The average Bonchev–Trinajstić information content (AvgIpc) is 2.82. The fourth-order valence-electron chi connectivity index (χ4n) is 3.26. The van der Waals surface area contributed by atoms with E-state index in [0.29, 0.717) is 0 Å². The summed E-state index contributed by atoms with van der Waals surface area (Å²) < 4.78 is 0. The molecule has 1 saturated carbocycles. The van der Waals surface area contributed by atoms with Gasteiger partial charge in [-0.05, 0) is 36.6 Å². The number of hydrogen-bond acceptors (Lipinski definition) is 2. The first-order chi connectivity index (χ1) is 7.93. The second-order valence-corrected chi connectivity index (χ2v) is 6.89. The number of hydrogen-bond donors (Lipinski definition) is 2. The first-order valence-corrected chi connectivity index (χ1v) is 6.91. The topological polar surface area (TPSA) is 41.1 Å². The third-order valence-electron chi connectivity index (χ3n) is 4.72. The minimum atomic E-state index is 0.193. The Labute approximate surface area is 105 Å². The van der Waals surface area contributed by atoms with Crippen LogP contribution in [0.5, 0.6) is 0 Å². The number of nitrogens with one attached hydrogen (secondary N) is 2. The second-order valence-electron chi connectivity index (χ2n) is 6.89. The lowest BCUT2D eigenvalue weighted by Crippen LogP contribution is -2.42. The highest BCUT2D eigenvalue weighted by molar-refractivity contribution is 5.79. The van der Waals surface area contributed by atoms with E-state index in [0.717, 1.165) is 26.1 Å². The first-order valence-electron chi connectivity index (χ1n) is 6.91. The van der Waals surface area contributed by atoms with Gasteiger partial charge in [0.05, 0.1) is 0 Å². The fraction of sp³-hybridized carbons (Fsp3) is 0.929. The van der Waals surface area contributed by atoms with Crippen molar-refractivity contribution in [1.82, 2.24) is 10.6 Å². The van der Waals surface area contributed by atoms with Crippen LogP contribution in [0.3, 0.4) is 0 Å². The highest BCUT2D eigenvalue weighted by Gasteiger charge is 2.40.